The van der Waals surface area contributed by atoms with Gasteiger partial charge in [-0.05, 0) is 43.2 Å². The number of nitrogens with one attached hydrogen (secondary N) is 1. The third-order valence-corrected chi connectivity index (χ3v) is 4.61. The molecule has 0 radical (unpaired) electrons. The number of carbonyl (C=O) groups is 1. The fourth-order valence-corrected chi connectivity index (χ4v) is 3.10. The van der Waals surface area contributed by atoms with Gasteiger partial charge in [-0.1, -0.05) is 18.2 Å². The Labute approximate surface area is 161 Å². The van der Waals surface area contributed by atoms with Crippen molar-refractivity contribution in [2.24, 2.45) is 0 Å². The lowest BCUT2D eigenvalue weighted by molar-refractivity contribution is -0.116. The second kappa shape index (κ2) is 7.19. The van der Waals surface area contributed by atoms with E-state index < -0.39 is 0 Å². The molecule has 0 aliphatic carbocycles. The van der Waals surface area contributed by atoms with E-state index in [4.69, 9.17) is 9.47 Å². The summed E-state index contributed by atoms with van der Waals surface area (Å²) in [6, 6.07) is 12.6. The number of nitrogens with zero attached hydrogens (tertiary/aromatic N) is 2. The van der Waals surface area contributed by atoms with Gasteiger partial charge in [0.15, 0.2) is 11.5 Å². The highest BCUT2D eigenvalue weighted by Crippen LogP contribution is 2.35. The summed E-state index contributed by atoms with van der Waals surface area (Å²) in [5, 5.41) is 2.87. The molecule has 1 aliphatic rings. The van der Waals surface area contributed by atoms with Crippen LogP contribution in [0.5, 0.6) is 11.5 Å². The molecular weight excluding hydrogens is 358 g/mol. The molecule has 2 aromatic carbocycles. The van der Waals surface area contributed by atoms with Crippen LogP contribution >= 0.6 is 0 Å². The summed E-state index contributed by atoms with van der Waals surface area (Å²) in [6.07, 6.45) is 1.38. The van der Waals surface area contributed by atoms with Crippen molar-refractivity contribution in [3.8, 4) is 22.8 Å². The smallest absolute Gasteiger partial charge is 0.254 e. The Bertz CT molecular complexity index is 1100. The van der Waals surface area contributed by atoms with Crippen LogP contribution in [0, 0.1) is 13.8 Å². The third kappa shape index (κ3) is 3.46. The normalized spacial score (nSPS) is 12.1. The second-order valence-electron chi connectivity index (χ2n) is 6.62. The molecule has 1 amide bonds. The maximum atomic E-state index is 12.5. The van der Waals surface area contributed by atoms with Crippen molar-refractivity contribution in [3.63, 3.8) is 0 Å². The van der Waals surface area contributed by atoms with E-state index in [0.29, 0.717) is 17.2 Å². The zero-order valence-corrected chi connectivity index (χ0v) is 15.6. The van der Waals surface area contributed by atoms with Crippen molar-refractivity contribution in [1.82, 2.24) is 9.55 Å². The lowest BCUT2D eigenvalue weighted by Gasteiger charge is -2.12. The van der Waals surface area contributed by atoms with E-state index in [1.807, 2.05) is 38.1 Å². The van der Waals surface area contributed by atoms with Gasteiger partial charge in [-0.2, -0.15) is 0 Å². The van der Waals surface area contributed by atoms with Crippen molar-refractivity contribution < 1.29 is 14.3 Å². The molecule has 2 heterocycles. The first-order valence-corrected chi connectivity index (χ1v) is 8.84. The quantitative estimate of drug-likeness (QED) is 0.756. The van der Waals surface area contributed by atoms with E-state index in [0.717, 1.165) is 22.4 Å². The molecule has 0 saturated heterocycles. The van der Waals surface area contributed by atoms with Gasteiger partial charge < -0.3 is 14.8 Å². The molecule has 0 saturated carbocycles. The van der Waals surface area contributed by atoms with Gasteiger partial charge in [0.05, 0.1) is 12.0 Å². The summed E-state index contributed by atoms with van der Waals surface area (Å²) in [5.41, 5.74) is 3.65. The first-order chi connectivity index (χ1) is 13.5. The van der Waals surface area contributed by atoms with Crippen LogP contribution in [0.4, 0.5) is 5.69 Å². The maximum Gasteiger partial charge on any atom is 0.254 e. The van der Waals surface area contributed by atoms with E-state index in [-0.39, 0.29) is 24.8 Å². The molecule has 7 heteroatoms. The first kappa shape index (κ1) is 17.8. The number of para-hydroxylation sites is 1. The number of ether oxygens (including phenoxy) is 2. The van der Waals surface area contributed by atoms with Crippen LogP contribution in [-0.2, 0) is 11.3 Å². The molecule has 3 aromatic rings. The van der Waals surface area contributed by atoms with Crippen LogP contribution in [0.25, 0.3) is 11.3 Å². The molecule has 142 valence electrons. The van der Waals surface area contributed by atoms with E-state index in [9.17, 15) is 9.59 Å². The number of fused-ring (bicyclic) bond motifs is 1. The van der Waals surface area contributed by atoms with Gasteiger partial charge in [0.1, 0.15) is 6.54 Å². The van der Waals surface area contributed by atoms with Crippen LogP contribution in [0.3, 0.4) is 0 Å². The van der Waals surface area contributed by atoms with E-state index >= 15 is 0 Å². The third-order valence-electron chi connectivity index (χ3n) is 4.61. The molecule has 28 heavy (non-hydrogen) atoms. The van der Waals surface area contributed by atoms with Crippen LogP contribution in [0.15, 0.2) is 53.6 Å². The number of anilines is 1. The largest absolute Gasteiger partial charge is 0.454 e. The van der Waals surface area contributed by atoms with Gasteiger partial charge in [-0.3, -0.25) is 14.2 Å². The Morgan fingerprint density at radius 2 is 1.86 bits per heavy atom. The predicted molar refractivity (Wildman–Crippen MR) is 105 cm³/mol. The Hall–Kier alpha value is -3.61. The van der Waals surface area contributed by atoms with Crippen LogP contribution < -0.4 is 20.3 Å². The van der Waals surface area contributed by atoms with Crippen LogP contribution in [-0.4, -0.2) is 22.3 Å². The Morgan fingerprint density at radius 1 is 1.11 bits per heavy atom. The van der Waals surface area contributed by atoms with E-state index in [1.165, 1.54) is 17.0 Å². The topological polar surface area (TPSA) is 82.5 Å². The predicted octanol–water partition coefficient (Wildman–Crippen LogP) is 2.89. The van der Waals surface area contributed by atoms with E-state index in [1.54, 1.807) is 12.1 Å². The number of rotatable bonds is 4. The van der Waals surface area contributed by atoms with Gasteiger partial charge in [-0.25, -0.2) is 4.98 Å². The van der Waals surface area contributed by atoms with Gasteiger partial charge in [0.2, 0.25) is 12.7 Å². The summed E-state index contributed by atoms with van der Waals surface area (Å²) >= 11 is 0. The molecule has 1 aliphatic heterocycles. The monoisotopic (exact) mass is 377 g/mol. The zero-order valence-electron chi connectivity index (χ0n) is 15.6. The number of hydrogen-bond acceptors (Lipinski definition) is 5. The fraction of sp³-hybridized carbons (Fsp3) is 0.190. The highest BCUT2D eigenvalue weighted by molar-refractivity contribution is 5.92. The van der Waals surface area contributed by atoms with Gasteiger partial charge in [-0.15, -0.1) is 0 Å². The molecular formula is C21H19N3O4. The number of aromatic nitrogens is 2. The molecule has 0 spiro atoms. The van der Waals surface area contributed by atoms with E-state index in [2.05, 4.69) is 10.3 Å². The highest BCUT2D eigenvalue weighted by atomic mass is 16.7. The van der Waals surface area contributed by atoms with Crippen molar-refractivity contribution >= 4 is 11.6 Å². The Balaban J connectivity index is 1.52. The molecule has 0 atom stereocenters. The second-order valence-corrected chi connectivity index (χ2v) is 6.62. The first-order valence-electron chi connectivity index (χ1n) is 8.84. The fourth-order valence-electron chi connectivity index (χ4n) is 3.10. The van der Waals surface area contributed by atoms with Gasteiger partial charge in [0.25, 0.3) is 5.56 Å². The molecule has 0 bridgehead atoms. The average molecular weight is 377 g/mol. The standard InChI is InChI=1S/C21H19N3O4/c1-13-4-3-5-14(2)21(13)23-19(25)10-24-11-22-16(9-20(24)26)15-6-7-17-18(8-15)28-12-27-17/h3-9,11H,10,12H2,1-2H3,(H,23,25). The summed E-state index contributed by atoms with van der Waals surface area (Å²) < 4.78 is 11.9. The zero-order chi connectivity index (χ0) is 19.7. The minimum Gasteiger partial charge on any atom is -0.454 e. The number of benzene rings is 2. The molecule has 0 unspecified atom stereocenters. The van der Waals surface area contributed by atoms with Crippen molar-refractivity contribution in [3.05, 3.63) is 70.3 Å². The molecule has 4 rings (SSSR count). The number of amides is 1. The SMILES string of the molecule is Cc1cccc(C)c1NC(=O)Cn1cnc(-c2ccc3c(c2)OCO3)cc1=O. The number of hydrogen-bond donors (Lipinski definition) is 1. The number of aryl methyl sites for hydroxylation is 2. The van der Waals surface area contributed by atoms with Crippen molar-refractivity contribution in [2.75, 3.05) is 12.1 Å². The van der Waals surface area contributed by atoms with Gasteiger partial charge >= 0.3 is 0 Å². The summed E-state index contributed by atoms with van der Waals surface area (Å²) in [4.78, 5) is 29.2. The number of carbonyl (C=O) groups excluding carboxylic acids is 1. The molecule has 0 fully saturated rings. The molecule has 1 aromatic heterocycles. The van der Waals surface area contributed by atoms with Crippen LogP contribution in [0.1, 0.15) is 11.1 Å². The molecule has 1 N–H and O–H groups in total. The lowest BCUT2D eigenvalue weighted by atomic mass is 10.1. The maximum absolute atomic E-state index is 12.5. The van der Waals surface area contributed by atoms with Gasteiger partial charge in [0, 0.05) is 17.3 Å². The average Bonchev–Trinajstić information content (AvgIpc) is 3.14. The van der Waals surface area contributed by atoms with Crippen LogP contribution in [0.2, 0.25) is 0 Å². The highest BCUT2D eigenvalue weighted by Gasteiger charge is 2.15. The Kier molecular flexibility index (Phi) is 4.57. The Morgan fingerprint density at radius 3 is 2.61 bits per heavy atom. The van der Waals surface area contributed by atoms with Crippen molar-refractivity contribution in [1.29, 1.82) is 0 Å². The minimum absolute atomic E-state index is 0.110. The summed E-state index contributed by atoms with van der Waals surface area (Å²) in [6.45, 7) is 3.93. The van der Waals surface area contributed by atoms with Crippen molar-refractivity contribution in [2.45, 2.75) is 20.4 Å². The molecule has 7 nitrogen and oxygen atoms in total. The summed E-state index contributed by atoms with van der Waals surface area (Å²) in [5.74, 6) is 1.01. The summed E-state index contributed by atoms with van der Waals surface area (Å²) in [7, 11) is 0. The lowest BCUT2D eigenvalue weighted by Crippen LogP contribution is -2.27. The minimum atomic E-state index is -0.306.